The van der Waals surface area contributed by atoms with Crippen LogP contribution in [0.2, 0.25) is 0 Å². The number of carbonyl (C=O) groups is 3. The van der Waals surface area contributed by atoms with Gasteiger partial charge in [0.05, 0.1) is 0 Å². The van der Waals surface area contributed by atoms with Crippen LogP contribution in [-0.4, -0.2) is 47.9 Å². The number of amides is 2. The van der Waals surface area contributed by atoms with Crippen molar-refractivity contribution in [3.8, 4) is 0 Å². The Morgan fingerprint density at radius 3 is 2.27 bits per heavy atom. The maximum atomic E-state index is 12.2. The molecule has 22 heavy (non-hydrogen) atoms. The standard InChI is InChI=1S/C16H22N2O4/c1-10(2)8-13(16(21)22)17-14(19)11-6-5-7-12(9-11)15(20)18(3)4/h5-7,9-10,13H,8H2,1-4H3,(H,17,19)(H,21,22). The Bertz CT molecular complexity index is 567. The zero-order chi connectivity index (χ0) is 16.9. The highest BCUT2D eigenvalue weighted by Gasteiger charge is 2.22. The van der Waals surface area contributed by atoms with E-state index in [1.807, 2.05) is 13.8 Å². The second-order valence-electron chi connectivity index (χ2n) is 5.77. The number of hydrogen-bond acceptors (Lipinski definition) is 3. The Morgan fingerprint density at radius 2 is 1.77 bits per heavy atom. The van der Waals surface area contributed by atoms with Crippen LogP contribution in [0.4, 0.5) is 0 Å². The van der Waals surface area contributed by atoms with Crippen molar-refractivity contribution in [1.82, 2.24) is 10.2 Å². The highest BCUT2D eigenvalue weighted by Crippen LogP contribution is 2.10. The molecule has 0 aliphatic heterocycles. The molecule has 0 fully saturated rings. The summed E-state index contributed by atoms with van der Waals surface area (Å²) in [6.07, 6.45) is 0.345. The van der Waals surface area contributed by atoms with Crippen molar-refractivity contribution in [3.05, 3.63) is 35.4 Å². The molecule has 1 aromatic carbocycles. The summed E-state index contributed by atoms with van der Waals surface area (Å²) in [6.45, 7) is 3.77. The van der Waals surface area contributed by atoms with E-state index in [0.717, 1.165) is 0 Å². The molecule has 1 aromatic rings. The van der Waals surface area contributed by atoms with E-state index in [2.05, 4.69) is 5.32 Å². The van der Waals surface area contributed by atoms with Crippen LogP contribution in [0, 0.1) is 5.92 Å². The molecule has 1 unspecified atom stereocenters. The predicted octanol–water partition coefficient (Wildman–Crippen LogP) is 1.62. The lowest BCUT2D eigenvalue weighted by atomic mass is 10.0. The minimum absolute atomic E-state index is 0.142. The Balaban J connectivity index is 2.91. The summed E-state index contributed by atoms with van der Waals surface area (Å²) in [4.78, 5) is 36.7. The summed E-state index contributed by atoms with van der Waals surface area (Å²) >= 11 is 0. The Kier molecular flexibility index (Phi) is 6.10. The van der Waals surface area contributed by atoms with E-state index < -0.39 is 17.9 Å². The van der Waals surface area contributed by atoms with Crippen LogP contribution >= 0.6 is 0 Å². The van der Waals surface area contributed by atoms with Crippen LogP contribution in [0.15, 0.2) is 24.3 Å². The number of aliphatic carboxylic acids is 1. The molecule has 0 aromatic heterocycles. The number of carbonyl (C=O) groups excluding carboxylic acids is 2. The number of nitrogens with one attached hydrogen (secondary N) is 1. The van der Waals surface area contributed by atoms with Crippen LogP contribution in [0.1, 0.15) is 41.0 Å². The summed E-state index contributed by atoms with van der Waals surface area (Å²) < 4.78 is 0. The van der Waals surface area contributed by atoms with Gasteiger partial charge in [0.15, 0.2) is 0 Å². The summed E-state index contributed by atoms with van der Waals surface area (Å²) in [5, 5.41) is 11.7. The quantitative estimate of drug-likeness (QED) is 0.836. The third-order valence-corrected chi connectivity index (χ3v) is 3.09. The zero-order valence-electron chi connectivity index (χ0n) is 13.3. The number of nitrogens with zero attached hydrogens (tertiary/aromatic N) is 1. The molecule has 0 radical (unpaired) electrons. The van der Waals surface area contributed by atoms with Crippen LogP contribution in [0.5, 0.6) is 0 Å². The van der Waals surface area contributed by atoms with Crippen molar-refractivity contribution in [2.45, 2.75) is 26.3 Å². The van der Waals surface area contributed by atoms with Crippen LogP contribution in [0.3, 0.4) is 0 Å². The first-order valence-corrected chi connectivity index (χ1v) is 7.07. The average Bonchev–Trinajstić information content (AvgIpc) is 2.45. The molecule has 6 heteroatoms. The number of carboxylic acid groups (broad SMARTS) is 1. The van der Waals surface area contributed by atoms with Crippen LogP contribution in [-0.2, 0) is 4.79 Å². The van der Waals surface area contributed by atoms with E-state index in [1.54, 1.807) is 32.3 Å². The second-order valence-corrected chi connectivity index (χ2v) is 5.77. The number of hydrogen-bond donors (Lipinski definition) is 2. The van der Waals surface area contributed by atoms with Crippen LogP contribution < -0.4 is 5.32 Å². The smallest absolute Gasteiger partial charge is 0.326 e. The maximum Gasteiger partial charge on any atom is 0.326 e. The van der Waals surface area contributed by atoms with Gasteiger partial charge in [0.25, 0.3) is 11.8 Å². The van der Waals surface area contributed by atoms with Gasteiger partial charge in [0.2, 0.25) is 0 Å². The van der Waals surface area contributed by atoms with Gasteiger partial charge in [-0.25, -0.2) is 4.79 Å². The largest absolute Gasteiger partial charge is 0.480 e. The lowest BCUT2D eigenvalue weighted by Crippen LogP contribution is -2.41. The molecular formula is C16H22N2O4. The van der Waals surface area contributed by atoms with Gasteiger partial charge in [-0.2, -0.15) is 0 Å². The highest BCUT2D eigenvalue weighted by molar-refractivity contribution is 6.00. The minimum atomic E-state index is -1.07. The highest BCUT2D eigenvalue weighted by atomic mass is 16.4. The topological polar surface area (TPSA) is 86.7 Å². The Morgan fingerprint density at radius 1 is 1.18 bits per heavy atom. The normalized spacial score (nSPS) is 11.9. The number of rotatable bonds is 6. The van der Waals surface area contributed by atoms with Gasteiger partial charge in [-0.05, 0) is 30.5 Å². The Labute approximate surface area is 130 Å². The third-order valence-electron chi connectivity index (χ3n) is 3.09. The fourth-order valence-electron chi connectivity index (χ4n) is 1.99. The summed E-state index contributed by atoms with van der Waals surface area (Å²) in [7, 11) is 3.25. The van der Waals surface area contributed by atoms with Gasteiger partial charge >= 0.3 is 5.97 Å². The maximum absolute atomic E-state index is 12.2. The van der Waals surface area contributed by atoms with Crippen molar-refractivity contribution in [1.29, 1.82) is 0 Å². The zero-order valence-corrected chi connectivity index (χ0v) is 13.3. The lowest BCUT2D eigenvalue weighted by Gasteiger charge is -2.17. The lowest BCUT2D eigenvalue weighted by molar-refractivity contribution is -0.139. The first kappa shape index (κ1) is 17.7. The molecule has 0 saturated carbocycles. The molecule has 0 heterocycles. The molecule has 2 amide bonds. The monoisotopic (exact) mass is 306 g/mol. The molecule has 2 N–H and O–H groups in total. The van der Waals surface area contributed by atoms with Crippen LogP contribution in [0.25, 0.3) is 0 Å². The van der Waals surface area contributed by atoms with Gasteiger partial charge in [-0.15, -0.1) is 0 Å². The van der Waals surface area contributed by atoms with Gasteiger partial charge in [0, 0.05) is 25.2 Å². The van der Waals surface area contributed by atoms with Crippen molar-refractivity contribution in [3.63, 3.8) is 0 Å². The van der Waals surface area contributed by atoms with Gasteiger partial charge in [-0.3, -0.25) is 9.59 Å². The molecule has 120 valence electrons. The molecule has 0 saturated heterocycles. The van der Waals surface area contributed by atoms with E-state index in [4.69, 9.17) is 5.11 Å². The van der Waals surface area contributed by atoms with Crippen molar-refractivity contribution >= 4 is 17.8 Å². The second kappa shape index (κ2) is 7.59. The first-order chi connectivity index (χ1) is 10.2. The van der Waals surface area contributed by atoms with Gasteiger partial charge in [-0.1, -0.05) is 19.9 Å². The SMILES string of the molecule is CC(C)CC(NC(=O)c1cccc(C(=O)N(C)C)c1)C(=O)O. The van der Waals surface area contributed by atoms with E-state index in [0.29, 0.717) is 12.0 Å². The van der Waals surface area contributed by atoms with Gasteiger partial charge in [0.1, 0.15) is 6.04 Å². The average molecular weight is 306 g/mol. The number of benzene rings is 1. The molecule has 0 spiro atoms. The van der Waals surface area contributed by atoms with E-state index >= 15 is 0 Å². The van der Waals surface area contributed by atoms with Crippen molar-refractivity contribution in [2.75, 3.05) is 14.1 Å². The molecule has 1 atom stereocenters. The number of carboxylic acids is 1. The fourth-order valence-corrected chi connectivity index (χ4v) is 1.99. The summed E-state index contributed by atoms with van der Waals surface area (Å²) in [5.74, 6) is -1.64. The van der Waals surface area contributed by atoms with E-state index in [9.17, 15) is 14.4 Å². The molecule has 6 nitrogen and oxygen atoms in total. The third kappa shape index (κ3) is 4.87. The minimum Gasteiger partial charge on any atom is -0.480 e. The summed E-state index contributed by atoms with van der Waals surface area (Å²) in [5.41, 5.74) is 0.649. The first-order valence-electron chi connectivity index (χ1n) is 7.07. The molecular weight excluding hydrogens is 284 g/mol. The summed E-state index contributed by atoms with van der Waals surface area (Å²) in [6, 6.07) is 5.29. The Hall–Kier alpha value is -2.37. The van der Waals surface area contributed by atoms with Crippen molar-refractivity contribution < 1.29 is 19.5 Å². The predicted molar refractivity (Wildman–Crippen MR) is 82.8 cm³/mol. The molecule has 0 aliphatic rings. The van der Waals surface area contributed by atoms with Gasteiger partial charge < -0.3 is 15.3 Å². The molecule has 1 rings (SSSR count). The van der Waals surface area contributed by atoms with E-state index in [-0.39, 0.29) is 17.4 Å². The molecule has 0 bridgehead atoms. The fraction of sp³-hybridized carbons (Fsp3) is 0.438. The van der Waals surface area contributed by atoms with E-state index in [1.165, 1.54) is 11.0 Å². The van der Waals surface area contributed by atoms with Crippen molar-refractivity contribution in [2.24, 2.45) is 5.92 Å². The molecule has 0 aliphatic carbocycles.